The van der Waals surface area contributed by atoms with Crippen LogP contribution >= 0.6 is 11.6 Å². The fourth-order valence-electron chi connectivity index (χ4n) is 1.78. The SMILES string of the molecule is CCCCc1ccc2c(c1)OC(O)(CCl)CO2. The molecule has 4 heteroatoms. The molecule has 0 aromatic heterocycles. The number of fused-ring (bicyclic) bond motifs is 1. The van der Waals surface area contributed by atoms with Gasteiger partial charge in [0.1, 0.15) is 0 Å². The van der Waals surface area contributed by atoms with Gasteiger partial charge in [-0.25, -0.2) is 0 Å². The molecule has 0 saturated heterocycles. The number of alkyl halides is 1. The quantitative estimate of drug-likeness (QED) is 0.842. The van der Waals surface area contributed by atoms with Crippen molar-refractivity contribution in [2.24, 2.45) is 0 Å². The number of aryl methyl sites for hydroxylation is 1. The van der Waals surface area contributed by atoms with Gasteiger partial charge in [-0.2, -0.15) is 0 Å². The highest BCUT2D eigenvalue weighted by Crippen LogP contribution is 2.35. The van der Waals surface area contributed by atoms with E-state index in [2.05, 4.69) is 6.92 Å². The predicted octanol–water partition coefficient (Wildman–Crippen LogP) is 2.73. The number of rotatable bonds is 4. The summed E-state index contributed by atoms with van der Waals surface area (Å²) in [6, 6.07) is 5.83. The lowest BCUT2D eigenvalue weighted by molar-refractivity contribution is -0.156. The topological polar surface area (TPSA) is 38.7 Å². The van der Waals surface area contributed by atoms with E-state index < -0.39 is 5.79 Å². The third-order valence-electron chi connectivity index (χ3n) is 2.79. The molecular formula is C13H17ClO3. The predicted molar refractivity (Wildman–Crippen MR) is 66.8 cm³/mol. The van der Waals surface area contributed by atoms with Crippen LogP contribution in [0.15, 0.2) is 18.2 Å². The van der Waals surface area contributed by atoms with Crippen molar-refractivity contribution in [3.05, 3.63) is 23.8 Å². The van der Waals surface area contributed by atoms with Gasteiger partial charge in [0.05, 0.1) is 5.88 Å². The van der Waals surface area contributed by atoms with E-state index in [1.165, 1.54) is 5.56 Å². The van der Waals surface area contributed by atoms with Gasteiger partial charge in [-0.05, 0) is 30.5 Å². The van der Waals surface area contributed by atoms with E-state index in [9.17, 15) is 5.11 Å². The van der Waals surface area contributed by atoms with Gasteiger partial charge in [0.2, 0.25) is 0 Å². The Labute approximate surface area is 106 Å². The zero-order valence-electron chi connectivity index (χ0n) is 9.91. The van der Waals surface area contributed by atoms with Gasteiger partial charge in [0.15, 0.2) is 18.1 Å². The molecule has 1 heterocycles. The molecule has 0 saturated carbocycles. The van der Waals surface area contributed by atoms with Gasteiger partial charge in [-0.15, -0.1) is 11.6 Å². The molecule has 1 aliphatic rings. The normalized spacial score (nSPS) is 22.5. The first-order valence-electron chi connectivity index (χ1n) is 5.90. The minimum absolute atomic E-state index is 0.00831. The molecule has 3 nitrogen and oxygen atoms in total. The number of benzene rings is 1. The second kappa shape index (κ2) is 5.15. The Morgan fingerprint density at radius 1 is 1.41 bits per heavy atom. The monoisotopic (exact) mass is 256 g/mol. The molecule has 1 N–H and O–H groups in total. The van der Waals surface area contributed by atoms with Crippen LogP contribution in [0.3, 0.4) is 0 Å². The lowest BCUT2D eigenvalue weighted by atomic mass is 10.1. The largest absolute Gasteiger partial charge is 0.483 e. The molecule has 94 valence electrons. The van der Waals surface area contributed by atoms with Crippen LogP contribution in [0.1, 0.15) is 25.3 Å². The average Bonchev–Trinajstić information content (AvgIpc) is 2.36. The summed E-state index contributed by atoms with van der Waals surface area (Å²) < 4.78 is 10.9. The summed E-state index contributed by atoms with van der Waals surface area (Å²) in [6.45, 7) is 2.22. The Bertz CT molecular complexity index is 394. The summed E-state index contributed by atoms with van der Waals surface area (Å²) in [7, 11) is 0. The number of aliphatic hydroxyl groups is 1. The van der Waals surface area contributed by atoms with Gasteiger partial charge >= 0.3 is 0 Å². The molecule has 0 bridgehead atoms. The van der Waals surface area contributed by atoms with Crippen molar-refractivity contribution < 1.29 is 14.6 Å². The van der Waals surface area contributed by atoms with E-state index >= 15 is 0 Å². The van der Waals surface area contributed by atoms with Crippen molar-refractivity contribution in [1.29, 1.82) is 0 Å². The molecular weight excluding hydrogens is 240 g/mol. The number of ether oxygens (including phenoxy) is 2. The maximum absolute atomic E-state index is 9.91. The number of halogens is 1. The summed E-state index contributed by atoms with van der Waals surface area (Å²) in [5.41, 5.74) is 1.19. The van der Waals surface area contributed by atoms with Gasteiger partial charge in [0.25, 0.3) is 5.79 Å². The van der Waals surface area contributed by atoms with Crippen LogP contribution in [0.2, 0.25) is 0 Å². The van der Waals surface area contributed by atoms with Crippen LogP contribution in [0.5, 0.6) is 11.5 Å². The molecule has 1 unspecified atom stereocenters. The Hall–Kier alpha value is -0.930. The van der Waals surface area contributed by atoms with E-state index in [-0.39, 0.29) is 12.5 Å². The van der Waals surface area contributed by atoms with Crippen molar-refractivity contribution in [1.82, 2.24) is 0 Å². The van der Waals surface area contributed by atoms with Crippen molar-refractivity contribution in [2.75, 3.05) is 12.5 Å². The van der Waals surface area contributed by atoms with Crippen LogP contribution in [0, 0.1) is 0 Å². The van der Waals surface area contributed by atoms with Crippen molar-refractivity contribution >= 4 is 11.6 Å². The molecule has 1 aromatic carbocycles. The third-order valence-corrected chi connectivity index (χ3v) is 3.21. The van der Waals surface area contributed by atoms with Crippen LogP contribution in [0.4, 0.5) is 0 Å². The summed E-state index contributed by atoms with van der Waals surface area (Å²) in [5.74, 6) is -0.170. The van der Waals surface area contributed by atoms with E-state index in [1.54, 1.807) is 0 Å². The minimum atomic E-state index is -1.40. The second-order valence-electron chi connectivity index (χ2n) is 4.36. The van der Waals surface area contributed by atoms with E-state index in [1.807, 2.05) is 18.2 Å². The van der Waals surface area contributed by atoms with E-state index in [0.717, 1.165) is 19.3 Å². The Kier molecular flexibility index (Phi) is 3.79. The molecule has 0 amide bonds. The molecule has 2 rings (SSSR count). The molecule has 1 atom stereocenters. The van der Waals surface area contributed by atoms with Gasteiger partial charge in [0, 0.05) is 0 Å². The number of hydrogen-bond donors (Lipinski definition) is 1. The lowest BCUT2D eigenvalue weighted by Gasteiger charge is -2.32. The highest BCUT2D eigenvalue weighted by molar-refractivity contribution is 6.18. The third kappa shape index (κ3) is 2.85. The van der Waals surface area contributed by atoms with Gasteiger partial charge in [-0.1, -0.05) is 19.4 Å². The average molecular weight is 257 g/mol. The molecule has 1 aromatic rings. The van der Waals surface area contributed by atoms with Crippen molar-refractivity contribution in [3.63, 3.8) is 0 Å². The zero-order valence-corrected chi connectivity index (χ0v) is 10.7. The highest BCUT2D eigenvalue weighted by Gasteiger charge is 2.34. The molecule has 17 heavy (non-hydrogen) atoms. The van der Waals surface area contributed by atoms with Crippen LogP contribution in [-0.2, 0) is 6.42 Å². The van der Waals surface area contributed by atoms with Crippen LogP contribution in [-0.4, -0.2) is 23.4 Å². The van der Waals surface area contributed by atoms with Crippen molar-refractivity contribution in [2.45, 2.75) is 32.0 Å². The Balaban J connectivity index is 2.17. The standard InChI is InChI=1S/C13H17ClO3/c1-2-3-4-10-5-6-11-12(7-10)17-13(15,8-14)9-16-11/h5-7,15H,2-4,8-9H2,1H3. The summed E-state index contributed by atoms with van der Waals surface area (Å²) in [5, 5.41) is 9.91. The maximum Gasteiger partial charge on any atom is 0.256 e. The van der Waals surface area contributed by atoms with Gasteiger partial charge in [-0.3, -0.25) is 0 Å². The van der Waals surface area contributed by atoms with Crippen LogP contribution < -0.4 is 9.47 Å². The van der Waals surface area contributed by atoms with Gasteiger partial charge < -0.3 is 14.6 Å². The smallest absolute Gasteiger partial charge is 0.256 e. The first-order valence-corrected chi connectivity index (χ1v) is 6.43. The Morgan fingerprint density at radius 3 is 2.94 bits per heavy atom. The molecule has 0 aliphatic carbocycles. The fourth-order valence-corrected chi connectivity index (χ4v) is 1.91. The first kappa shape index (κ1) is 12.5. The molecule has 1 aliphatic heterocycles. The molecule has 0 radical (unpaired) electrons. The number of unbranched alkanes of at least 4 members (excludes halogenated alkanes) is 1. The minimum Gasteiger partial charge on any atom is -0.483 e. The van der Waals surface area contributed by atoms with Crippen molar-refractivity contribution in [3.8, 4) is 11.5 Å². The first-order chi connectivity index (χ1) is 8.17. The summed E-state index contributed by atoms with van der Waals surface area (Å²) in [6.07, 6.45) is 3.30. The Morgan fingerprint density at radius 2 is 2.24 bits per heavy atom. The van der Waals surface area contributed by atoms with E-state index in [0.29, 0.717) is 11.5 Å². The fraction of sp³-hybridized carbons (Fsp3) is 0.538. The van der Waals surface area contributed by atoms with Crippen LogP contribution in [0.25, 0.3) is 0 Å². The highest BCUT2D eigenvalue weighted by atomic mass is 35.5. The lowest BCUT2D eigenvalue weighted by Crippen LogP contribution is -2.46. The summed E-state index contributed by atoms with van der Waals surface area (Å²) >= 11 is 5.66. The maximum atomic E-state index is 9.91. The zero-order chi connectivity index (χ0) is 12.3. The molecule has 0 spiro atoms. The molecule has 0 fully saturated rings. The summed E-state index contributed by atoms with van der Waals surface area (Å²) in [4.78, 5) is 0. The van der Waals surface area contributed by atoms with E-state index in [4.69, 9.17) is 21.1 Å². The number of hydrogen-bond acceptors (Lipinski definition) is 3. The second-order valence-corrected chi connectivity index (χ2v) is 4.62.